The zero-order chi connectivity index (χ0) is 15.6. The Morgan fingerprint density at radius 1 is 1.05 bits per heavy atom. The van der Waals surface area contributed by atoms with E-state index in [1.807, 2.05) is 6.92 Å². The van der Waals surface area contributed by atoms with E-state index in [-0.39, 0.29) is 15.6 Å². The predicted octanol–water partition coefficient (Wildman–Crippen LogP) is 4.87. The third kappa shape index (κ3) is 3.47. The van der Waals surface area contributed by atoms with Gasteiger partial charge in [0.2, 0.25) is 0 Å². The largest absolute Gasteiger partial charge is 0.306 e. The molecule has 2 rings (SSSR count). The van der Waals surface area contributed by atoms with Gasteiger partial charge in [0, 0.05) is 5.56 Å². The predicted molar refractivity (Wildman–Crippen MR) is 80.7 cm³/mol. The number of halogens is 4. The SMILES string of the molecule is CCNC(c1ccc(F)c(Br)c1)c1cc(F)c(C)cc1F. The molecule has 0 saturated carbocycles. The van der Waals surface area contributed by atoms with Gasteiger partial charge in [-0.15, -0.1) is 0 Å². The summed E-state index contributed by atoms with van der Waals surface area (Å²) in [5.41, 5.74) is 1.12. The van der Waals surface area contributed by atoms with E-state index in [1.165, 1.54) is 25.1 Å². The average Bonchev–Trinajstić information content (AvgIpc) is 2.44. The average molecular weight is 358 g/mol. The Kier molecular flexibility index (Phi) is 5.06. The van der Waals surface area contributed by atoms with Gasteiger partial charge in [0.1, 0.15) is 17.5 Å². The lowest BCUT2D eigenvalue weighted by Gasteiger charge is -2.20. The van der Waals surface area contributed by atoms with Gasteiger partial charge >= 0.3 is 0 Å². The van der Waals surface area contributed by atoms with E-state index in [1.54, 1.807) is 12.1 Å². The first-order chi connectivity index (χ1) is 9.93. The van der Waals surface area contributed by atoms with Crippen molar-refractivity contribution in [2.75, 3.05) is 6.54 Å². The highest BCUT2D eigenvalue weighted by Crippen LogP contribution is 2.29. The van der Waals surface area contributed by atoms with E-state index >= 15 is 0 Å². The molecule has 1 N–H and O–H groups in total. The van der Waals surface area contributed by atoms with Gasteiger partial charge in [0.15, 0.2) is 0 Å². The Morgan fingerprint density at radius 3 is 2.38 bits per heavy atom. The van der Waals surface area contributed by atoms with Crippen molar-refractivity contribution in [1.82, 2.24) is 5.32 Å². The molecule has 112 valence electrons. The molecule has 0 aliphatic heterocycles. The minimum atomic E-state index is -0.540. The quantitative estimate of drug-likeness (QED) is 0.822. The first-order valence-corrected chi connectivity index (χ1v) is 7.37. The highest BCUT2D eigenvalue weighted by molar-refractivity contribution is 9.10. The molecule has 2 aromatic rings. The van der Waals surface area contributed by atoms with Crippen molar-refractivity contribution in [1.29, 1.82) is 0 Å². The number of hydrogen-bond donors (Lipinski definition) is 1. The maximum absolute atomic E-state index is 14.2. The minimum Gasteiger partial charge on any atom is -0.306 e. The van der Waals surface area contributed by atoms with Crippen LogP contribution in [0.3, 0.4) is 0 Å². The van der Waals surface area contributed by atoms with Crippen LogP contribution in [0, 0.1) is 24.4 Å². The maximum atomic E-state index is 14.2. The molecule has 1 atom stereocenters. The first-order valence-electron chi connectivity index (χ1n) is 6.58. The molecule has 0 saturated heterocycles. The van der Waals surface area contributed by atoms with Crippen molar-refractivity contribution < 1.29 is 13.2 Å². The summed E-state index contributed by atoms with van der Waals surface area (Å²) in [6.45, 7) is 3.95. The van der Waals surface area contributed by atoms with Crippen molar-refractivity contribution in [2.45, 2.75) is 19.9 Å². The molecule has 0 amide bonds. The summed E-state index contributed by atoms with van der Waals surface area (Å²) < 4.78 is 41.6. The van der Waals surface area contributed by atoms with E-state index in [4.69, 9.17) is 0 Å². The lowest BCUT2D eigenvalue weighted by atomic mass is 9.97. The number of hydrogen-bond acceptors (Lipinski definition) is 1. The molecule has 1 nitrogen and oxygen atoms in total. The highest BCUT2D eigenvalue weighted by Gasteiger charge is 2.19. The van der Waals surface area contributed by atoms with Crippen molar-refractivity contribution in [2.24, 2.45) is 0 Å². The van der Waals surface area contributed by atoms with E-state index in [9.17, 15) is 13.2 Å². The molecule has 0 spiro atoms. The molecule has 2 aromatic carbocycles. The van der Waals surface area contributed by atoms with E-state index in [2.05, 4.69) is 21.2 Å². The summed E-state index contributed by atoms with van der Waals surface area (Å²) in [5, 5.41) is 3.10. The number of nitrogens with one attached hydrogen (secondary N) is 1. The molecule has 0 fully saturated rings. The minimum absolute atomic E-state index is 0.207. The fourth-order valence-electron chi connectivity index (χ4n) is 2.19. The molecule has 0 radical (unpaired) electrons. The Morgan fingerprint density at radius 2 is 1.76 bits per heavy atom. The summed E-state index contributed by atoms with van der Waals surface area (Å²) in [6.07, 6.45) is 0. The molecule has 0 bridgehead atoms. The highest BCUT2D eigenvalue weighted by atomic mass is 79.9. The summed E-state index contributed by atoms with van der Waals surface area (Å²) in [4.78, 5) is 0. The molecule has 0 heterocycles. The van der Waals surface area contributed by atoms with Gasteiger partial charge in [0.25, 0.3) is 0 Å². The van der Waals surface area contributed by atoms with E-state index in [0.29, 0.717) is 12.1 Å². The number of rotatable bonds is 4. The zero-order valence-corrected chi connectivity index (χ0v) is 13.3. The van der Waals surface area contributed by atoms with Gasteiger partial charge in [-0.25, -0.2) is 13.2 Å². The number of benzene rings is 2. The Balaban J connectivity index is 2.52. The topological polar surface area (TPSA) is 12.0 Å². The molecular formula is C16H15BrF3N. The summed E-state index contributed by atoms with van der Waals surface area (Å²) in [5.74, 6) is -1.35. The van der Waals surface area contributed by atoms with E-state index in [0.717, 1.165) is 0 Å². The number of aryl methyl sites for hydroxylation is 1. The van der Waals surface area contributed by atoms with Crippen LogP contribution in [0.25, 0.3) is 0 Å². The van der Waals surface area contributed by atoms with Crippen LogP contribution in [0.5, 0.6) is 0 Å². The summed E-state index contributed by atoms with van der Waals surface area (Å²) >= 11 is 3.11. The normalized spacial score (nSPS) is 12.5. The van der Waals surface area contributed by atoms with Gasteiger partial charge in [-0.05, 0) is 64.8 Å². The molecule has 1 unspecified atom stereocenters. The smallest absolute Gasteiger partial charge is 0.137 e. The van der Waals surface area contributed by atoms with Crippen molar-refractivity contribution >= 4 is 15.9 Å². The van der Waals surface area contributed by atoms with Gasteiger partial charge < -0.3 is 5.32 Å². The second-order valence-electron chi connectivity index (χ2n) is 4.79. The molecule has 5 heteroatoms. The summed E-state index contributed by atoms with van der Waals surface area (Å²) in [7, 11) is 0. The monoisotopic (exact) mass is 357 g/mol. The van der Waals surface area contributed by atoms with Crippen LogP contribution >= 0.6 is 15.9 Å². The van der Waals surface area contributed by atoms with Gasteiger partial charge in [-0.1, -0.05) is 13.0 Å². The maximum Gasteiger partial charge on any atom is 0.137 e. The molecule has 21 heavy (non-hydrogen) atoms. The standard InChI is InChI=1S/C16H15BrF3N/c1-3-21-16(10-4-5-13(18)12(17)7-10)11-8-14(19)9(2)6-15(11)20/h4-8,16,21H,3H2,1-2H3. The van der Waals surface area contributed by atoms with Crippen LogP contribution in [-0.2, 0) is 0 Å². The fraction of sp³-hybridized carbons (Fsp3) is 0.250. The van der Waals surface area contributed by atoms with Gasteiger partial charge in [-0.3, -0.25) is 0 Å². The second kappa shape index (κ2) is 6.62. The van der Waals surface area contributed by atoms with Gasteiger partial charge in [0.05, 0.1) is 10.5 Å². The van der Waals surface area contributed by atoms with Crippen molar-refractivity contribution in [3.8, 4) is 0 Å². The Hall–Kier alpha value is -1.33. The van der Waals surface area contributed by atoms with Crippen LogP contribution in [-0.4, -0.2) is 6.54 Å². The molecule has 0 aliphatic carbocycles. The third-order valence-electron chi connectivity index (χ3n) is 3.27. The molecule has 0 aromatic heterocycles. The Labute approximate surface area is 130 Å². The van der Waals surface area contributed by atoms with Gasteiger partial charge in [-0.2, -0.15) is 0 Å². The summed E-state index contributed by atoms with van der Waals surface area (Å²) in [6, 6.07) is 6.25. The molecule has 0 aliphatic rings. The fourth-order valence-corrected chi connectivity index (χ4v) is 2.58. The lowest BCUT2D eigenvalue weighted by molar-refractivity contribution is 0.540. The molecular weight excluding hydrogens is 343 g/mol. The van der Waals surface area contributed by atoms with Crippen molar-refractivity contribution in [3.63, 3.8) is 0 Å². The van der Waals surface area contributed by atoms with Crippen LogP contribution in [0.15, 0.2) is 34.8 Å². The van der Waals surface area contributed by atoms with Crippen LogP contribution < -0.4 is 5.32 Å². The second-order valence-corrected chi connectivity index (χ2v) is 5.64. The van der Waals surface area contributed by atoms with E-state index < -0.39 is 23.5 Å². The lowest BCUT2D eigenvalue weighted by Crippen LogP contribution is -2.23. The zero-order valence-electron chi connectivity index (χ0n) is 11.7. The third-order valence-corrected chi connectivity index (χ3v) is 3.88. The Bertz CT molecular complexity index is 658. The van der Waals surface area contributed by atoms with Crippen LogP contribution in [0.4, 0.5) is 13.2 Å². The van der Waals surface area contributed by atoms with Crippen LogP contribution in [0.2, 0.25) is 0 Å². The van der Waals surface area contributed by atoms with Crippen LogP contribution in [0.1, 0.15) is 29.7 Å². The first kappa shape index (κ1) is 16.0. The van der Waals surface area contributed by atoms with Crippen molar-refractivity contribution in [3.05, 3.63) is 68.9 Å².